The Balaban J connectivity index is 2.29. The normalized spacial score (nSPS) is 17.9. The molecule has 1 aliphatic carbocycles. The topological polar surface area (TPSA) is 21.3 Å². The lowest BCUT2D eigenvalue weighted by Crippen LogP contribution is -2.42. The number of hydrogen-bond donors (Lipinski definition) is 1. The predicted octanol–water partition coefficient (Wildman–Crippen LogP) is 2.99. The molecule has 0 bridgehead atoms. The Morgan fingerprint density at radius 1 is 1.44 bits per heavy atom. The molecule has 2 rings (SSSR count). The Morgan fingerprint density at radius 3 is 2.62 bits per heavy atom. The third-order valence-electron chi connectivity index (χ3n) is 3.59. The lowest BCUT2D eigenvalue weighted by Gasteiger charge is -2.42. The first-order valence-electron chi connectivity index (χ1n) is 5.70. The van der Waals surface area contributed by atoms with Crippen LogP contribution in [0.1, 0.15) is 24.8 Å². The van der Waals surface area contributed by atoms with E-state index < -0.39 is 0 Å². The zero-order valence-corrected chi connectivity index (χ0v) is 10.6. The van der Waals surface area contributed by atoms with Crippen molar-refractivity contribution >= 4 is 11.6 Å². The Kier molecular flexibility index (Phi) is 3.41. The lowest BCUT2D eigenvalue weighted by molar-refractivity contribution is 0.239. The minimum absolute atomic E-state index is 0.296. The van der Waals surface area contributed by atoms with Crippen LogP contribution in [0.4, 0.5) is 0 Å². The van der Waals surface area contributed by atoms with Crippen LogP contribution in [0.2, 0.25) is 5.02 Å². The van der Waals surface area contributed by atoms with Gasteiger partial charge in [0.2, 0.25) is 0 Å². The molecular weight excluding hydrogens is 222 g/mol. The molecule has 0 aliphatic heterocycles. The van der Waals surface area contributed by atoms with Crippen LogP contribution in [0.3, 0.4) is 0 Å². The number of methoxy groups -OCH3 is 1. The van der Waals surface area contributed by atoms with Crippen LogP contribution < -0.4 is 10.1 Å². The molecule has 1 fully saturated rings. The molecule has 3 heteroatoms. The minimum Gasteiger partial charge on any atom is -0.495 e. The maximum absolute atomic E-state index is 6.17. The van der Waals surface area contributed by atoms with E-state index in [4.69, 9.17) is 16.3 Å². The van der Waals surface area contributed by atoms with Crippen molar-refractivity contribution in [1.29, 1.82) is 0 Å². The third-order valence-corrected chi connectivity index (χ3v) is 3.89. The summed E-state index contributed by atoms with van der Waals surface area (Å²) in [7, 11) is 3.65. The smallest absolute Gasteiger partial charge is 0.137 e. The SMILES string of the molecule is CNCC1(c2ccc(OC)c(Cl)c2)CCC1. The van der Waals surface area contributed by atoms with Crippen molar-refractivity contribution in [1.82, 2.24) is 5.32 Å². The van der Waals surface area contributed by atoms with Crippen molar-refractivity contribution in [3.05, 3.63) is 28.8 Å². The number of rotatable bonds is 4. The maximum atomic E-state index is 6.17. The molecule has 0 spiro atoms. The van der Waals surface area contributed by atoms with Gasteiger partial charge in [-0.2, -0.15) is 0 Å². The van der Waals surface area contributed by atoms with Crippen LogP contribution in [-0.4, -0.2) is 20.7 Å². The fourth-order valence-corrected chi connectivity index (χ4v) is 2.76. The first-order valence-corrected chi connectivity index (χ1v) is 6.08. The number of benzene rings is 1. The maximum Gasteiger partial charge on any atom is 0.137 e. The Bertz CT molecular complexity index is 374. The summed E-state index contributed by atoms with van der Waals surface area (Å²) >= 11 is 6.17. The zero-order chi connectivity index (χ0) is 11.6. The van der Waals surface area contributed by atoms with Gasteiger partial charge in [-0.3, -0.25) is 0 Å². The van der Waals surface area contributed by atoms with E-state index in [0.29, 0.717) is 10.4 Å². The summed E-state index contributed by atoms with van der Waals surface area (Å²) in [6.45, 7) is 1.02. The Hall–Kier alpha value is -0.730. The quantitative estimate of drug-likeness (QED) is 0.872. The van der Waals surface area contributed by atoms with Gasteiger partial charge in [0.1, 0.15) is 5.75 Å². The molecule has 0 unspecified atom stereocenters. The largest absolute Gasteiger partial charge is 0.495 e. The van der Waals surface area contributed by atoms with E-state index >= 15 is 0 Å². The van der Waals surface area contributed by atoms with Crippen molar-refractivity contribution in [2.45, 2.75) is 24.7 Å². The molecule has 1 saturated carbocycles. The van der Waals surface area contributed by atoms with Crippen molar-refractivity contribution in [2.24, 2.45) is 0 Å². The van der Waals surface area contributed by atoms with Crippen LogP contribution >= 0.6 is 11.6 Å². The molecule has 1 aliphatic rings. The van der Waals surface area contributed by atoms with E-state index in [2.05, 4.69) is 17.4 Å². The summed E-state index contributed by atoms with van der Waals surface area (Å²) in [6, 6.07) is 6.16. The van der Waals surface area contributed by atoms with Gasteiger partial charge in [0.15, 0.2) is 0 Å². The van der Waals surface area contributed by atoms with Crippen molar-refractivity contribution < 1.29 is 4.74 Å². The second-order valence-corrected chi connectivity index (χ2v) is 4.92. The van der Waals surface area contributed by atoms with E-state index in [1.807, 2.05) is 13.1 Å². The summed E-state index contributed by atoms with van der Waals surface area (Å²) in [5, 5.41) is 3.99. The van der Waals surface area contributed by atoms with E-state index in [9.17, 15) is 0 Å². The molecule has 0 atom stereocenters. The second-order valence-electron chi connectivity index (χ2n) is 4.51. The number of hydrogen-bond acceptors (Lipinski definition) is 2. The number of ether oxygens (including phenoxy) is 1. The standard InChI is InChI=1S/C13H18ClNO/c1-15-9-13(6-3-7-13)10-4-5-12(16-2)11(14)8-10/h4-5,8,15H,3,6-7,9H2,1-2H3. The van der Waals surface area contributed by atoms with Crippen molar-refractivity contribution in [3.63, 3.8) is 0 Å². The average molecular weight is 240 g/mol. The monoisotopic (exact) mass is 239 g/mol. The van der Waals surface area contributed by atoms with Crippen molar-refractivity contribution in [3.8, 4) is 5.75 Å². The lowest BCUT2D eigenvalue weighted by atomic mass is 9.64. The number of likely N-dealkylation sites (N-methyl/N-ethyl adjacent to an activating group) is 1. The van der Waals surface area contributed by atoms with E-state index in [0.717, 1.165) is 12.3 Å². The average Bonchev–Trinajstić information content (AvgIpc) is 2.23. The summed E-state index contributed by atoms with van der Waals surface area (Å²) in [4.78, 5) is 0. The molecule has 0 heterocycles. The van der Waals surface area contributed by atoms with E-state index in [-0.39, 0.29) is 0 Å². The molecule has 88 valence electrons. The first kappa shape index (κ1) is 11.7. The second kappa shape index (κ2) is 4.64. The van der Waals surface area contributed by atoms with Crippen LogP contribution in [0.5, 0.6) is 5.75 Å². The van der Waals surface area contributed by atoms with E-state index in [1.54, 1.807) is 7.11 Å². The van der Waals surface area contributed by atoms with Gasteiger partial charge in [0.05, 0.1) is 12.1 Å². The van der Waals surface area contributed by atoms with Gasteiger partial charge in [-0.25, -0.2) is 0 Å². The molecule has 0 saturated heterocycles. The molecular formula is C13H18ClNO. The van der Waals surface area contributed by atoms with Gasteiger partial charge < -0.3 is 10.1 Å². The molecule has 2 nitrogen and oxygen atoms in total. The first-order chi connectivity index (χ1) is 7.72. The van der Waals surface area contributed by atoms with Gasteiger partial charge in [-0.05, 0) is 37.6 Å². The minimum atomic E-state index is 0.296. The molecule has 16 heavy (non-hydrogen) atoms. The van der Waals surface area contributed by atoms with Gasteiger partial charge in [0.25, 0.3) is 0 Å². The fourth-order valence-electron chi connectivity index (χ4n) is 2.51. The molecule has 1 N–H and O–H groups in total. The highest BCUT2D eigenvalue weighted by molar-refractivity contribution is 6.32. The molecule has 1 aromatic rings. The van der Waals surface area contributed by atoms with E-state index in [1.165, 1.54) is 24.8 Å². The third kappa shape index (κ3) is 1.92. The molecule has 0 radical (unpaired) electrons. The van der Waals surface area contributed by atoms with Crippen LogP contribution in [0.15, 0.2) is 18.2 Å². The van der Waals surface area contributed by atoms with Gasteiger partial charge >= 0.3 is 0 Å². The Morgan fingerprint density at radius 2 is 2.19 bits per heavy atom. The summed E-state index contributed by atoms with van der Waals surface area (Å²) < 4.78 is 5.18. The van der Waals surface area contributed by atoms with Crippen LogP contribution in [0, 0.1) is 0 Å². The van der Waals surface area contributed by atoms with Crippen molar-refractivity contribution in [2.75, 3.05) is 20.7 Å². The highest BCUT2D eigenvalue weighted by Crippen LogP contribution is 2.44. The predicted molar refractivity (Wildman–Crippen MR) is 67.5 cm³/mol. The highest BCUT2D eigenvalue weighted by Gasteiger charge is 2.38. The number of halogens is 1. The van der Waals surface area contributed by atoms with Gasteiger partial charge in [-0.15, -0.1) is 0 Å². The molecule has 0 amide bonds. The Labute approximate surface area is 102 Å². The van der Waals surface area contributed by atoms with Gasteiger partial charge in [0, 0.05) is 12.0 Å². The highest BCUT2D eigenvalue weighted by atomic mass is 35.5. The van der Waals surface area contributed by atoms with Crippen LogP contribution in [-0.2, 0) is 5.41 Å². The molecule has 1 aromatic carbocycles. The molecule has 0 aromatic heterocycles. The summed E-state index contributed by atoms with van der Waals surface area (Å²) in [6.07, 6.45) is 3.80. The number of nitrogens with one attached hydrogen (secondary N) is 1. The fraction of sp³-hybridized carbons (Fsp3) is 0.538. The van der Waals surface area contributed by atoms with Crippen LogP contribution in [0.25, 0.3) is 0 Å². The summed E-state index contributed by atoms with van der Waals surface area (Å²) in [5.74, 6) is 0.754. The summed E-state index contributed by atoms with van der Waals surface area (Å²) in [5.41, 5.74) is 1.63. The zero-order valence-electron chi connectivity index (χ0n) is 9.85. The van der Waals surface area contributed by atoms with Gasteiger partial charge in [-0.1, -0.05) is 24.1 Å².